The van der Waals surface area contributed by atoms with Gasteiger partial charge in [-0.2, -0.15) is 0 Å². The second-order valence-electron chi connectivity index (χ2n) is 7.59. The van der Waals surface area contributed by atoms with Crippen molar-refractivity contribution in [3.05, 3.63) is 30.1 Å². The lowest BCUT2D eigenvalue weighted by molar-refractivity contribution is -0.229. The van der Waals surface area contributed by atoms with Crippen LogP contribution in [0.1, 0.15) is 27.7 Å². The molecule has 1 aromatic rings. The third-order valence-electron chi connectivity index (χ3n) is 4.51. The van der Waals surface area contributed by atoms with E-state index in [2.05, 4.69) is 5.32 Å². The van der Waals surface area contributed by atoms with Crippen LogP contribution in [-0.4, -0.2) is 48.2 Å². The molecule has 7 nitrogen and oxygen atoms in total. The van der Waals surface area contributed by atoms with E-state index in [9.17, 15) is 9.18 Å². The van der Waals surface area contributed by atoms with Gasteiger partial charge < -0.3 is 29.0 Å². The van der Waals surface area contributed by atoms with Crippen LogP contribution in [-0.2, 0) is 28.5 Å². The van der Waals surface area contributed by atoms with Gasteiger partial charge >= 0.3 is 0 Å². The summed E-state index contributed by atoms with van der Waals surface area (Å²) in [6.45, 7) is 7.07. The van der Waals surface area contributed by atoms with Crippen LogP contribution < -0.4 is 5.32 Å². The highest BCUT2D eigenvalue weighted by Gasteiger charge is 2.62. The average Bonchev–Trinajstić information content (AvgIpc) is 3.00. The molecule has 0 saturated carbocycles. The topological polar surface area (TPSA) is 75.3 Å². The minimum atomic E-state index is -0.983. The van der Waals surface area contributed by atoms with E-state index in [4.69, 9.17) is 23.7 Å². The fraction of sp³-hybridized carbons (Fsp3) is 0.611. The summed E-state index contributed by atoms with van der Waals surface area (Å²) < 4.78 is 42.8. The summed E-state index contributed by atoms with van der Waals surface area (Å²) >= 11 is 0. The Hall–Kier alpha value is -1.58. The quantitative estimate of drug-likeness (QED) is 0.863. The van der Waals surface area contributed by atoms with Crippen molar-refractivity contribution in [1.29, 1.82) is 0 Å². The van der Waals surface area contributed by atoms with Crippen molar-refractivity contribution in [1.82, 2.24) is 0 Å². The van der Waals surface area contributed by atoms with Crippen LogP contribution in [0.4, 0.5) is 10.1 Å². The van der Waals surface area contributed by atoms with E-state index in [0.29, 0.717) is 5.69 Å². The minimum absolute atomic E-state index is 0.333. The second-order valence-corrected chi connectivity index (χ2v) is 7.59. The van der Waals surface area contributed by atoms with Gasteiger partial charge in [0.1, 0.15) is 24.1 Å². The average molecular weight is 367 g/mol. The Labute approximate surface area is 150 Å². The SMILES string of the molecule is CC1(C)O[C@@H]2O[C@H](C(=O)Nc3cccc(F)c3)[C@@H]3OC(C)(C)O[C@@H]3[C@@H]2O1. The standard InChI is InChI=1S/C18H22FNO6/c1-17(2)23-11-12(24-17)14-16(26-18(3,4)25-14)22-13(11)15(21)20-10-7-5-6-9(19)8-10/h5-8,11-14,16H,1-4H3,(H,20,21)/t11-,12+,13+,14+,16+/m1/s1. The molecule has 1 amide bonds. The van der Waals surface area contributed by atoms with Crippen LogP contribution in [0, 0.1) is 5.82 Å². The Morgan fingerprint density at radius 2 is 1.65 bits per heavy atom. The van der Waals surface area contributed by atoms with E-state index in [-0.39, 0.29) is 0 Å². The fourth-order valence-electron chi connectivity index (χ4n) is 3.60. The summed E-state index contributed by atoms with van der Waals surface area (Å²) in [7, 11) is 0. The van der Waals surface area contributed by atoms with Gasteiger partial charge in [-0.25, -0.2) is 4.39 Å². The zero-order valence-corrected chi connectivity index (χ0v) is 15.0. The minimum Gasteiger partial charge on any atom is -0.342 e. The molecule has 3 aliphatic rings. The van der Waals surface area contributed by atoms with Gasteiger partial charge in [-0.3, -0.25) is 4.79 Å². The number of hydrogen-bond acceptors (Lipinski definition) is 6. The maximum atomic E-state index is 13.4. The summed E-state index contributed by atoms with van der Waals surface area (Å²) in [4.78, 5) is 12.8. The number of carbonyl (C=O) groups excluding carboxylic acids is 1. The van der Waals surface area contributed by atoms with Crippen molar-refractivity contribution in [2.75, 3.05) is 5.32 Å². The van der Waals surface area contributed by atoms with Crippen molar-refractivity contribution in [3.8, 4) is 0 Å². The summed E-state index contributed by atoms with van der Waals surface area (Å²) in [5.74, 6) is -2.65. The number of benzene rings is 1. The van der Waals surface area contributed by atoms with Gasteiger partial charge in [0.2, 0.25) is 0 Å². The molecule has 1 N–H and O–H groups in total. The molecule has 0 bridgehead atoms. The Balaban J connectivity index is 1.58. The van der Waals surface area contributed by atoms with Crippen LogP contribution in [0.15, 0.2) is 24.3 Å². The summed E-state index contributed by atoms with van der Waals surface area (Å²) in [5.41, 5.74) is 0.333. The monoisotopic (exact) mass is 367 g/mol. The van der Waals surface area contributed by atoms with Gasteiger partial charge in [-0.05, 0) is 45.9 Å². The molecular weight excluding hydrogens is 345 g/mol. The summed E-state index contributed by atoms with van der Waals surface area (Å²) in [6, 6.07) is 5.64. The zero-order chi connectivity index (χ0) is 18.7. The number of anilines is 1. The molecule has 142 valence electrons. The third kappa shape index (κ3) is 3.23. The predicted molar refractivity (Wildman–Crippen MR) is 87.6 cm³/mol. The number of nitrogens with one attached hydrogen (secondary N) is 1. The number of ether oxygens (including phenoxy) is 5. The highest BCUT2D eigenvalue weighted by molar-refractivity contribution is 5.94. The number of amides is 1. The first kappa shape index (κ1) is 17.8. The van der Waals surface area contributed by atoms with Gasteiger partial charge in [0.05, 0.1) is 0 Å². The van der Waals surface area contributed by atoms with Crippen molar-refractivity contribution >= 4 is 11.6 Å². The van der Waals surface area contributed by atoms with Crippen LogP contribution in [0.3, 0.4) is 0 Å². The molecule has 8 heteroatoms. The van der Waals surface area contributed by atoms with Crippen molar-refractivity contribution < 1.29 is 32.9 Å². The Bertz CT molecular complexity index is 723. The molecule has 3 heterocycles. The maximum absolute atomic E-state index is 13.4. The first-order valence-corrected chi connectivity index (χ1v) is 8.57. The van der Waals surface area contributed by atoms with Crippen molar-refractivity contribution in [2.24, 2.45) is 0 Å². The normalized spacial score (nSPS) is 37.0. The first-order chi connectivity index (χ1) is 12.1. The van der Waals surface area contributed by atoms with E-state index in [0.717, 1.165) is 0 Å². The number of rotatable bonds is 2. The van der Waals surface area contributed by atoms with E-state index in [1.165, 1.54) is 18.2 Å². The fourth-order valence-corrected chi connectivity index (χ4v) is 3.60. The first-order valence-electron chi connectivity index (χ1n) is 8.57. The Morgan fingerprint density at radius 1 is 1.00 bits per heavy atom. The summed E-state index contributed by atoms with van der Waals surface area (Å²) in [5, 5.41) is 2.66. The highest BCUT2D eigenvalue weighted by atomic mass is 19.1. The van der Waals surface area contributed by atoms with Crippen molar-refractivity contribution in [3.63, 3.8) is 0 Å². The van der Waals surface area contributed by atoms with Gasteiger partial charge in [0.25, 0.3) is 5.91 Å². The van der Waals surface area contributed by atoms with E-state index < -0.39 is 54.0 Å². The van der Waals surface area contributed by atoms with Crippen LogP contribution >= 0.6 is 0 Å². The predicted octanol–water partition coefficient (Wildman–Crippen LogP) is 2.16. The molecule has 3 saturated heterocycles. The lowest BCUT2D eigenvalue weighted by atomic mass is 9.98. The molecule has 5 atom stereocenters. The van der Waals surface area contributed by atoms with E-state index >= 15 is 0 Å². The molecule has 4 rings (SSSR count). The lowest BCUT2D eigenvalue weighted by Gasteiger charge is -2.36. The van der Waals surface area contributed by atoms with Gasteiger partial charge in [-0.15, -0.1) is 0 Å². The van der Waals surface area contributed by atoms with E-state index in [1.807, 2.05) is 0 Å². The number of halogens is 1. The Kier molecular flexibility index (Phi) is 4.09. The molecule has 0 spiro atoms. The molecule has 0 radical (unpaired) electrons. The smallest absolute Gasteiger partial charge is 0.256 e. The molecular formula is C18H22FNO6. The number of fused-ring (bicyclic) bond motifs is 3. The number of hydrogen-bond donors (Lipinski definition) is 1. The Morgan fingerprint density at radius 3 is 2.38 bits per heavy atom. The largest absolute Gasteiger partial charge is 0.342 e. The molecule has 3 fully saturated rings. The zero-order valence-electron chi connectivity index (χ0n) is 15.0. The van der Waals surface area contributed by atoms with E-state index in [1.54, 1.807) is 33.8 Å². The molecule has 3 aliphatic heterocycles. The van der Waals surface area contributed by atoms with Crippen LogP contribution in [0.5, 0.6) is 0 Å². The molecule has 0 unspecified atom stereocenters. The lowest BCUT2D eigenvalue weighted by Crippen LogP contribution is -2.58. The van der Waals surface area contributed by atoms with Gasteiger partial charge in [0.15, 0.2) is 24.0 Å². The molecule has 26 heavy (non-hydrogen) atoms. The highest BCUT2D eigenvalue weighted by Crippen LogP contribution is 2.44. The van der Waals surface area contributed by atoms with Gasteiger partial charge in [-0.1, -0.05) is 6.07 Å². The molecule has 1 aromatic carbocycles. The van der Waals surface area contributed by atoms with Crippen molar-refractivity contribution in [2.45, 2.75) is 70.0 Å². The second kappa shape index (κ2) is 5.97. The number of carbonyl (C=O) groups is 1. The molecule has 0 aromatic heterocycles. The van der Waals surface area contributed by atoms with Gasteiger partial charge in [0, 0.05) is 5.69 Å². The molecule has 0 aliphatic carbocycles. The van der Waals surface area contributed by atoms with Crippen LogP contribution in [0.2, 0.25) is 0 Å². The summed E-state index contributed by atoms with van der Waals surface area (Å²) in [6.07, 6.45) is -3.43. The maximum Gasteiger partial charge on any atom is 0.256 e. The third-order valence-corrected chi connectivity index (χ3v) is 4.51. The van der Waals surface area contributed by atoms with Crippen LogP contribution in [0.25, 0.3) is 0 Å².